The molecule has 0 spiro atoms. The summed E-state index contributed by atoms with van der Waals surface area (Å²) in [5.41, 5.74) is 0.717. The van der Waals surface area contributed by atoms with E-state index in [1.165, 1.54) is 6.26 Å². The number of nitrogens with one attached hydrogen (secondary N) is 1. The molecule has 2 aromatic heterocycles. The van der Waals surface area contributed by atoms with Gasteiger partial charge in [0.25, 0.3) is 17.7 Å². The number of imide groups is 1. The van der Waals surface area contributed by atoms with Gasteiger partial charge in [0.15, 0.2) is 11.6 Å². The van der Waals surface area contributed by atoms with E-state index in [9.17, 15) is 14.4 Å². The lowest BCUT2D eigenvalue weighted by Crippen LogP contribution is -2.41. The van der Waals surface area contributed by atoms with Crippen molar-refractivity contribution in [3.63, 3.8) is 0 Å². The van der Waals surface area contributed by atoms with E-state index in [1.807, 2.05) is 0 Å². The van der Waals surface area contributed by atoms with Crippen LogP contribution in [0.25, 0.3) is 11.7 Å². The fourth-order valence-corrected chi connectivity index (χ4v) is 3.04. The van der Waals surface area contributed by atoms with E-state index < -0.39 is 6.04 Å². The molecular weight excluding hydrogens is 364 g/mol. The van der Waals surface area contributed by atoms with Crippen molar-refractivity contribution in [2.24, 2.45) is 0 Å². The minimum absolute atomic E-state index is 0.0334. The molecule has 0 saturated carbocycles. The molecule has 3 aromatic rings. The Morgan fingerprint density at radius 2 is 1.86 bits per heavy atom. The zero-order chi connectivity index (χ0) is 19.7. The second-order valence-electron chi connectivity index (χ2n) is 6.35. The highest BCUT2D eigenvalue weighted by molar-refractivity contribution is 6.21. The smallest absolute Gasteiger partial charge is 0.293 e. The third kappa shape index (κ3) is 3.18. The molecule has 0 unspecified atom stereocenters. The van der Waals surface area contributed by atoms with E-state index in [4.69, 9.17) is 8.94 Å². The van der Waals surface area contributed by atoms with Crippen LogP contribution in [0.3, 0.4) is 0 Å². The van der Waals surface area contributed by atoms with Gasteiger partial charge in [-0.15, -0.1) is 0 Å². The number of nitrogens with zero attached hydrogens (tertiary/aromatic N) is 3. The Labute approximate surface area is 159 Å². The average Bonchev–Trinajstić information content (AvgIpc) is 3.41. The predicted octanol–water partition coefficient (Wildman–Crippen LogP) is 2.02. The summed E-state index contributed by atoms with van der Waals surface area (Å²) in [6.45, 7) is 1.71. The van der Waals surface area contributed by atoms with Gasteiger partial charge in [-0.05, 0) is 31.2 Å². The van der Waals surface area contributed by atoms with E-state index in [1.54, 1.807) is 43.3 Å². The van der Waals surface area contributed by atoms with Gasteiger partial charge in [-0.3, -0.25) is 19.3 Å². The van der Waals surface area contributed by atoms with Crippen molar-refractivity contribution in [3.8, 4) is 11.7 Å². The van der Waals surface area contributed by atoms with Crippen LogP contribution in [0.5, 0.6) is 0 Å². The third-order valence-corrected chi connectivity index (χ3v) is 4.39. The van der Waals surface area contributed by atoms with Crippen LogP contribution in [-0.2, 0) is 11.3 Å². The fourth-order valence-electron chi connectivity index (χ4n) is 3.04. The van der Waals surface area contributed by atoms with E-state index in [2.05, 4.69) is 15.5 Å². The predicted molar refractivity (Wildman–Crippen MR) is 94.9 cm³/mol. The summed E-state index contributed by atoms with van der Waals surface area (Å²) in [5.74, 6) is -0.177. The molecule has 1 aromatic carbocycles. The summed E-state index contributed by atoms with van der Waals surface area (Å²) >= 11 is 0. The average molecular weight is 380 g/mol. The Morgan fingerprint density at radius 1 is 1.14 bits per heavy atom. The molecule has 9 nitrogen and oxygen atoms in total. The van der Waals surface area contributed by atoms with Gasteiger partial charge in [0.1, 0.15) is 0 Å². The highest BCUT2D eigenvalue weighted by Crippen LogP contribution is 2.25. The minimum atomic E-state index is -0.587. The first kappa shape index (κ1) is 17.7. The SMILES string of the molecule is C[C@H](CC(=O)NCc1noc(-c2ccco2)n1)N1C(=O)c2ccccc2C1=O. The molecule has 1 N–H and O–H groups in total. The summed E-state index contributed by atoms with van der Waals surface area (Å²) in [6.07, 6.45) is 1.45. The van der Waals surface area contributed by atoms with E-state index in [0.717, 1.165) is 4.90 Å². The number of aromatic nitrogens is 2. The largest absolute Gasteiger partial charge is 0.459 e. The molecule has 0 bridgehead atoms. The van der Waals surface area contributed by atoms with Gasteiger partial charge in [-0.1, -0.05) is 17.3 Å². The minimum Gasteiger partial charge on any atom is -0.459 e. The highest BCUT2D eigenvalue weighted by atomic mass is 16.5. The first-order valence-electron chi connectivity index (χ1n) is 8.64. The second-order valence-corrected chi connectivity index (χ2v) is 6.35. The van der Waals surface area contributed by atoms with Crippen LogP contribution in [0, 0.1) is 0 Å². The van der Waals surface area contributed by atoms with Crippen molar-refractivity contribution in [1.29, 1.82) is 0 Å². The summed E-state index contributed by atoms with van der Waals surface area (Å²) in [4.78, 5) is 42.4. The molecule has 1 aliphatic rings. The monoisotopic (exact) mass is 380 g/mol. The van der Waals surface area contributed by atoms with Crippen LogP contribution in [0.1, 0.15) is 39.9 Å². The zero-order valence-corrected chi connectivity index (χ0v) is 14.9. The van der Waals surface area contributed by atoms with Crippen LogP contribution in [0.4, 0.5) is 0 Å². The van der Waals surface area contributed by atoms with Gasteiger partial charge < -0.3 is 14.3 Å². The Bertz CT molecular complexity index is 1010. The normalized spacial score (nSPS) is 14.2. The highest BCUT2D eigenvalue weighted by Gasteiger charge is 2.38. The molecular formula is C19H16N4O5. The third-order valence-electron chi connectivity index (χ3n) is 4.39. The number of amides is 3. The number of fused-ring (bicyclic) bond motifs is 1. The van der Waals surface area contributed by atoms with Crippen LogP contribution in [0.2, 0.25) is 0 Å². The van der Waals surface area contributed by atoms with Gasteiger partial charge in [-0.25, -0.2) is 0 Å². The van der Waals surface area contributed by atoms with Crippen LogP contribution < -0.4 is 5.32 Å². The lowest BCUT2D eigenvalue weighted by atomic mass is 10.1. The van der Waals surface area contributed by atoms with Crippen LogP contribution in [0.15, 0.2) is 51.6 Å². The van der Waals surface area contributed by atoms with Crippen LogP contribution in [-0.4, -0.2) is 38.8 Å². The van der Waals surface area contributed by atoms with Crippen molar-refractivity contribution in [1.82, 2.24) is 20.4 Å². The topological polar surface area (TPSA) is 119 Å². The first-order valence-corrected chi connectivity index (χ1v) is 8.64. The number of hydrogen-bond donors (Lipinski definition) is 1. The molecule has 9 heteroatoms. The number of hydrogen-bond acceptors (Lipinski definition) is 7. The Balaban J connectivity index is 1.34. The molecule has 0 radical (unpaired) electrons. The molecule has 0 saturated heterocycles. The first-order chi connectivity index (χ1) is 13.5. The summed E-state index contributed by atoms with van der Waals surface area (Å²) in [6, 6.07) is 9.40. The Hall–Kier alpha value is -3.75. The summed E-state index contributed by atoms with van der Waals surface area (Å²) in [5, 5.41) is 6.43. The maximum absolute atomic E-state index is 12.5. The van der Waals surface area contributed by atoms with Gasteiger partial charge in [0.2, 0.25) is 5.91 Å². The summed E-state index contributed by atoms with van der Waals surface area (Å²) < 4.78 is 10.2. The molecule has 0 aliphatic carbocycles. The molecule has 142 valence electrons. The standard InChI is InChI=1S/C19H16N4O5/c1-11(23-18(25)12-5-2-3-6-13(12)19(23)26)9-16(24)20-10-15-21-17(28-22-15)14-7-4-8-27-14/h2-8,11H,9-10H2,1H3,(H,20,24)/t11-/m1/s1. The zero-order valence-electron chi connectivity index (χ0n) is 14.9. The summed E-state index contributed by atoms with van der Waals surface area (Å²) in [7, 11) is 0. The molecule has 0 fully saturated rings. The fraction of sp³-hybridized carbons (Fsp3) is 0.211. The van der Waals surface area contributed by atoms with Crippen molar-refractivity contribution in [2.45, 2.75) is 25.9 Å². The van der Waals surface area contributed by atoms with E-state index in [-0.39, 0.29) is 42.4 Å². The number of carbonyl (C=O) groups is 3. The number of rotatable bonds is 6. The molecule has 3 amide bonds. The quantitative estimate of drug-likeness (QED) is 0.650. The van der Waals surface area contributed by atoms with Gasteiger partial charge in [0.05, 0.1) is 23.9 Å². The molecule has 1 aliphatic heterocycles. The van der Waals surface area contributed by atoms with Crippen molar-refractivity contribution >= 4 is 17.7 Å². The molecule has 1 atom stereocenters. The molecule has 28 heavy (non-hydrogen) atoms. The Kier molecular flexibility index (Phi) is 4.48. The van der Waals surface area contributed by atoms with Crippen molar-refractivity contribution in [2.75, 3.05) is 0 Å². The number of furan rings is 1. The maximum atomic E-state index is 12.5. The maximum Gasteiger partial charge on any atom is 0.293 e. The van der Waals surface area contributed by atoms with Crippen molar-refractivity contribution in [3.05, 3.63) is 59.6 Å². The van der Waals surface area contributed by atoms with Gasteiger partial charge >= 0.3 is 0 Å². The van der Waals surface area contributed by atoms with Crippen LogP contribution >= 0.6 is 0 Å². The Morgan fingerprint density at radius 3 is 2.50 bits per heavy atom. The number of benzene rings is 1. The lowest BCUT2D eigenvalue weighted by Gasteiger charge is -2.21. The van der Waals surface area contributed by atoms with E-state index in [0.29, 0.717) is 16.9 Å². The lowest BCUT2D eigenvalue weighted by molar-refractivity contribution is -0.122. The van der Waals surface area contributed by atoms with E-state index >= 15 is 0 Å². The molecule has 4 rings (SSSR count). The molecule has 3 heterocycles. The number of carbonyl (C=O) groups excluding carboxylic acids is 3. The van der Waals surface area contributed by atoms with Gasteiger partial charge in [0, 0.05) is 12.5 Å². The van der Waals surface area contributed by atoms with Crippen molar-refractivity contribution < 1.29 is 23.3 Å². The second kappa shape index (κ2) is 7.10. The van der Waals surface area contributed by atoms with Gasteiger partial charge in [-0.2, -0.15) is 4.98 Å².